The summed E-state index contributed by atoms with van der Waals surface area (Å²) in [4.78, 5) is 8.15. The van der Waals surface area contributed by atoms with Crippen molar-refractivity contribution in [2.24, 2.45) is 5.73 Å². The molecule has 0 spiro atoms. The summed E-state index contributed by atoms with van der Waals surface area (Å²) in [5.41, 5.74) is 10.4. The summed E-state index contributed by atoms with van der Waals surface area (Å²) in [6, 6.07) is 9.05. The van der Waals surface area contributed by atoms with Crippen LogP contribution in [-0.4, -0.2) is 31.5 Å². The predicted molar refractivity (Wildman–Crippen MR) is 109 cm³/mol. The molecule has 0 aliphatic rings. The van der Waals surface area contributed by atoms with Crippen molar-refractivity contribution in [1.29, 1.82) is 0 Å². The molecular formula is C20H26N4O2S. The minimum Gasteiger partial charge on any atom is -0.343 e. The lowest BCUT2D eigenvalue weighted by Gasteiger charge is -2.15. The van der Waals surface area contributed by atoms with E-state index in [4.69, 9.17) is 5.73 Å². The third kappa shape index (κ3) is 3.90. The normalized spacial score (nSPS) is 12.6. The molecule has 27 heavy (non-hydrogen) atoms. The Kier molecular flexibility index (Phi) is 5.12. The van der Waals surface area contributed by atoms with Gasteiger partial charge in [-0.3, -0.25) is 0 Å². The minimum atomic E-state index is -3.54. The highest BCUT2D eigenvalue weighted by atomic mass is 32.2. The summed E-state index contributed by atoms with van der Waals surface area (Å²) >= 11 is 0. The number of sulfonamides is 1. The molecule has 0 saturated heterocycles. The van der Waals surface area contributed by atoms with Gasteiger partial charge in [0.05, 0.1) is 4.90 Å². The largest absolute Gasteiger partial charge is 0.343 e. The van der Waals surface area contributed by atoms with Gasteiger partial charge in [-0.2, -0.15) is 0 Å². The second-order valence-corrected chi connectivity index (χ2v) is 9.49. The zero-order valence-electron chi connectivity index (χ0n) is 16.1. The highest BCUT2D eigenvalue weighted by molar-refractivity contribution is 7.89. The van der Waals surface area contributed by atoms with Gasteiger partial charge in [-0.15, -0.1) is 0 Å². The van der Waals surface area contributed by atoms with Gasteiger partial charge >= 0.3 is 0 Å². The monoisotopic (exact) mass is 386 g/mol. The average Bonchev–Trinajstić information content (AvgIpc) is 3.05. The number of nitrogens with zero attached hydrogens (tertiary/aromatic N) is 1. The van der Waals surface area contributed by atoms with Crippen LogP contribution < -0.4 is 10.5 Å². The molecular weight excluding hydrogens is 360 g/mol. The Morgan fingerprint density at radius 3 is 2.44 bits per heavy atom. The van der Waals surface area contributed by atoms with E-state index in [1.54, 1.807) is 12.1 Å². The van der Waals surface area contributed by atoms with E-state index in [2.05, 4.69) is 41.5 Å². The molecule has 0 aliphatic heterocycles. The summed E-state index contributed by atoms with van der Waals surface area (Å²) < 4.78 is 27.0. The summed E-state index contributed by atoms with van der Waals surface area (Å²) in [7, 11) is -3.54. The number of nitrogens with two attached hydrogens (primary N) is 1. The van der Waals surface area contributed by atoms with Gasteiger partial charge in [0.1, 0.15) is 5.65 Å². The quantitative estimate of drug-likeness (QED) is 0.627. The number of aromatic amines is 1. The highest BCUT2D eigenvalue weighted by Gasteiger charge is 2.20. The van der Waals surface area contributed by atoms with E-state index in [1.807, 2.05) is 25.3 Å². The average molecular weight is 387 g/mol. The third-order valence-corrected chi connectivity index (χ3v) is 6.02. The molecule has 2 heterocycles. The number of benzene rings is 1. The first-order valence-corrected chi connectivity index (χ1v) is 10.4. The van der Waals surface area contributed by atoms with Crippen molar-refractivity contribution < 1.29 is 8.42 Å². The highest BCUT2D eigenvalue weighted by Crippen LogP contribution is 2.34. The number of nitrogens with one attached hydrogen (secondary N) is 2. The van der Waals surface area contributed by atoms with E-state index < -0.39 is 10.0 Å². The van der Waals surface area contributed by atoms with Crippen LogP contribution in [0.2, 0.25) is 0 Å². The van der Waals surface area contributed by atoms with Crippen molar-refractivity contribution in [2.75, 3.05) is 13.1 Å². The van der Waals surface area contributed by atoms with Crippen LogP contribution in [0, 0.1) is 6.92 Å². The number of hydrogen-bond acceptors (Lipinski definition) is 4. The van der Waals surface area contributed by atoms with Gasteiger partial charge in [-0.05, 0) is 41.8 Å². The Hall–Kier alpha value is -2.22. The minimum absolute atomic E-state index is 0.0154. The zero-order valence-corrected chi connectivity index (χ0v) is 16.9. The Bertz CT molecular complexity index is 1060. The molecule has 0 bridgehead atoms. The van der Waals surface area contributed by atoms with Crippen LogP contribution >= 0.6 is 0 Å². The van der Waals surface area contributed by atoms with Crippen LogP contribution in [0.1, 0.15) is 32.0 Å². The second-order valence-electron chi connectivity index (χ2n) is 7.72. The van der Waals surface area contributed by atoms with Crippen LogP contribution in [-0.2, 0) is 15.4 Å². The van der Waals surface area contributed by atoms with E-state index in [1.165, 1.54) is 0 Å². The molecule has 6 nitrogen and oxygen atoms in total. The van der Waals surface area contributed by atoms with Crippen molar-refractivity contribution in [2.45, 2.75) is 38.0 Å². The number of aryl methyl sites for hydroxylation is 1. The topological polar surface area (TPSA) is 101 Å². The smallest absolute Gasteiger partial charge is 0.240 e. The molecule has 2 aromatic heterocycles. The molecule has 0 amide bonds. The standard InChI is InChI=1S/C20H26N4O2S/c1-13-12-22-19-16(11-17(24-19)20(2,3)4)18(13)14-5-7-15(8-6-14)27(25,26)23-10-9-21/h5-8,11-12,23H,9-10,21H2,1-4H3,(H,22,24). The molecule has 0 aliphatic carbocycles. The summed E-state index contributed by atoms with van der Waals surface area (Å²) in [6.07, 6.45) is 1.84. The zero-order chi connectivity index (χ0) is 19.8. The van der Waals surface area contributed by atoms with Crippen molar-refractivity contribution >= 4 is 21.1 Å². The van der Waals surface area contributed by atoms with E-state index in [0.717, 1.165) is 33.4 Å². The van der Waals surface area contributed by atoms with Gasteiger partial charge in [0.15, 0.2) is 0 Å². The SMILES string of the molecule is Cc1cnc2[nH]c(C(C)(C)C)cc2c1-c1ccc(S(=O)(=O)NCCN)cc1. The molecule has 3 aromatic rings. The second kappa shape index (κ2) is 7.07. The predicted octanol–water partition coefficient (Wildman–Crippen LogP) is 3.07. The first-order valence-electron chi connectivity index (χ1n) is 8.92. The van der Waals surface area contributed by atoms with Gasteiger partial charge in [0, 0.05) is 35.8 Å². The number of fused-ring (bicyclic) bond motifs is 1. The van der Waals surface area contributed by atoms with Crippen LogP contribution in [0.4, 0.5) is 0 Å². The van der Waals surface area contributed by atoms with E-state index >= 15 is 0 Å². The molecule has 0 fully saturated rings. The number of aromatic nitrogens is 2. The molecule has 0 saturated carbocycles. The van der Waals surface area contributed by atoms with Crippen LogP contribution in [0.5, 0.6) is 0 Å². The Morgan fingerprint density at radius 1 is 1.19 bits per heavy atom. The van der Waals surface area contributed by atoms with E-state index in [0.29, 0.717) is 0 Å². The van der Waals surface area contributed by atoms with Gasteiger partial charge in [-0.1, -0.05) is 32.9 Å². The van der Waals surface area contributed by atoms with Gasteiger partial charge in [0.2, 0.25) is 10.0 Å². The fourth-order valence-electron chi connectivity index (χ4n) is 3.04. The van der Waals surface area contributed by atoms with Crippen molar-refractivity contribution in [1.82, 2.24) is 14.7 Å². The third-order valence-electron chi connectivity index (χ3n) is 4.55. The lowest BCUT2D eigenvalue weighted by Crippen LogP contribution is -2.29. The maximum absolute atomic E-state index is 12.3. The lowest BCUT2D eigenvalue weighted by atomic mass is 9.91. The maximum Gasteiger partial charge on any atom is 0.240 e. The number of pyridine rings is 1. The number of H-pyrrole nitrogens is 1. The summed E-state index contributed by atoms with van der Waals surface area (Å²) in [5.74, 6) is 0. The Balaban J connectivity index is 2.07. The van der Waals surface area contributed by atoms with E-state index in [9.17, 15) is 8.42 Å². The molecule has 3 rings (SSSR count). The van der Waals surface area contributed by atoms with Crippen LogP contribution in [0.25, 0.3) is 22.2 Å². The van der Waals surface area contributed by atoms with E-state index in [-0.39, 0.29) is 23.4 Å². The molecule has 7 heteroatoms. The van der Waals surface area contributed by atoms with Crippen LogP contribution in [0.15, 0.2) is 41.4 Å². The Morgan fingerprint density at radius 2 is 1.85 bits per heavy atom. The fourth-order valence-corrected chi connectivity index (χ4v) is 4.09. The lowest BCUT2D eigenvalue weighted by molar-refractivity contribution is 0.574. The first-order chi connectivity index (χ1) is 12.6. The molecule has 0 atom stereocenters. The molecule has 1 aromatic carbocycles. The maximum atomic E-state index is 12.3. The summed E-state index contributed by atoms with van der Waals surface area (Å²) in [5, 5.41) is 1.04. The van der Waals surface area contributed by atoms with Crippen molar-refractivity contribution in [3.63, 3.8) is 0 Å². The Labute approximate surface area is 160 Å². The van der Waals surface area contributed by atoms with Crippen molar-refractivity contribution in [3.05, 3.63) is 47.8 Å². The number of hydrogen-bond donors (Lipinski definition) is 3. The fraction of sp³-hybridized carbons (Fsp3) is 0.350. The molecule has 4 N–H and O–H groups in total. The van der Waals surface area contributed by atoms with Gasteiger partial charge in [0.25, 0.3) is 0 Å². The van der Waals surface area contributed by atoms with Crippen LogP contribution in [0.3, 0.4) is 0 Å². The number of rotatable bonds is 5. The molecule has 0 radical (unpaired) electrons. The molecule has 0 unspecified atom stereocenters. The summed E-state index contributed by atoms with van der Waals surface area (Å²) in [6.45, 7) is 8.94. The van der Waals surface area contributed by atoms with Gasteiger partial charge < -0.3 is 10.7 Å². The van der Waals surface area contributed by atoms with Gasteiger partial charge in [-0.25, -0.2) is 18.1 Å². The molecule has 144 valence electrons. The first kappa shape index (κ1) is 19.5. The van der Waals surface area contributed by atoms with Crippen molar-refractivity contribution in [3.8, 4) is 11.1 Å².